The van der Waals surface area contributed by atoms with Crippen LogP contribution in [0.5, 0.6) is 0 Å². The maximum absolute atomic E-state index is 11.4. The van der Waals surface area contributed by atoms with E-state index in [-0.39, 0.29) is 19.1 Å². The maximum Gasteiger partial charge on any atom is 0.321 e. The highest BCUT2D eigenvalue weighted by Gasteiger charge is 2.24. The molecule has 0 heterocycles. The molecule has 0 aliphatic heterocycles. The third kappa shape index (κ3) is 6.19. The van der Waals surface area contributed by atoms with Crippen LogP contribution in [0.4, 0.5) is 4.79 Å². The molecule has 7 nitrogen and oxygen atoms in total. The molecule has 1 saturated carbocycles. The highest BCUT2D eigenvalue weighted by Crippen LogP contribution is 2.18. The van der Waals surface area contributed by atoms with Crippen molar-refractivity contribution in [3.05, 3.63) is 0 Å². The van der Waals surface area contributed by atoms with Gasteiger partial charge in [-0.2, -0.15) is 0 Å². The van der Waals surface area contributed by atoms with Gasteiger partial charge in [-0.05, 0) is 26.8 Å². The number of rotatable bonds is 6. The summed E-state index contributed by atoms with van der Waals surface area (Å²) >= 11 is 0. The van der Waals surface area contributed by atoms with E-state index in [0.717, 1.165) is 12.8 Å². The average Bonchev–Trinajstić information content (AvgIpc) is 3.00. The number of ether oxygens (including phenoxy) is 1. The Labute approximate surface area is 106 Å². The minimum atomic E-state index is -0.480. The normalized spacial score (nSPS) is 14.2. The number of carbonyl (C=O) groups excluding carboxylic acids is 3. The van der Waals surface area contributed by atoms with Crippen LogP contribution < -0.4 is 10.6 Å². The van der Waals surface area contributed by atoms with Crippen molar-refractivity contribution in [1.82, 2.24) is 15.5 Å². The molecule has 0 aromatic heterocycles. The van der Waals surface area contributed by atoms with E-state index in [1.54, 1.807) is 14.0 Å². The van der Waals surface area contributed by atoms with Crippen LogP contribution in [0.15, 0.2) is 0 Å². The molecular formula is C11H19N3O4. The Morgan fingerprint density at radius 2 is 1.94 bits per heavy atom. The van der Waals surface area contributed by atoms with Gasteiger partial charge in [0.05, 0.1) is 19.7 Å². The van der Waals surface area contributed by atoms with E-state index in [2.05, 4.69) is 10.6 Å². The topological polar surface area (TPSA) is 87.7 Å². The summed E-state index contributed by atoms with van der Waals surface area (Å²) in [5, 5.41) is 4.84. The van der Waals surface area contributed by atoms with E-state index in [0.29, 0.717) is 6.61 Å². The first-order valence-electron chi connectivity index (χ1n) is 5.95. The Morgan fingerprint density at radius 3 is 2.50 bits per heavy atom. The van der Waals surface area contributed by atoms with Gasteiger partial charge in [0, 0.05) is 6.04 Å². The van der Waals surface area contributed by atoms with Gasteiger partial charge >= 0.3 is 12.0 Å². The molecule has 1 rings (SSSR count). The zero-order valence-corrected chi connectivity index (χ0v) is 10.7. The van der Waals surface area contributed by atoms with Crippen LogP contribution in [0.2, 0.25) is 0 Å². The average molecular weight is 257 g/mol. The zero-order valence-electron chi connectivity index (χ0n) is 10.7. The van der Waals surface area contributed by atoms with Crippen molar-refractivity contribution in [2.45, 2.75) is 25.8 Å². The van der Waals surface area contributed by atoms with Crippen LogP contribution >= 0.6 is 0 Å². The molecule has 0 atom stereocenters. The second kappa shape index (κ2) is 6.95. The Bertz CT molecular complexity index is 328. The second-order valence-electron chi connectivity index (χ2n) is 4.27. The number of nitrogens with zero attached hydrogens (tertiary/aromatic N) is 1. The van der Waals surface area contributed by atoms with Gasteiger partial charge in [0.15, 0.2) is 0 Å². The van der Waals surface area contributed by atoms with Crippen molar-refractivity contribution in [3.8, 4) is 0 Å². The standard InChI is InChI=1S/C11H19N3O4/c1-3-18-10(16)7-14(2)6-9(15)13-11(17)12-8-4-5-8/h8H,3-7H2,1-2H3,(H2,12,13,15,17). The largest absolute Gasteiger partial charge is 0.465 e. The molecule has 7 heteroatoms. The first-order valence-corrected chi connectivity index (χ1v) is 5.95. The van der Waals surface area contributed by atoms with Crippen LogP contribution in [0.3, 0.4) is 0 Å². The van der Waals surface area contributed by atoms with Crippen molar-refractivity contribution >= 4 is 17.9 Å². The number of likely N-dealkylation sites (N-methyl/N-ethyl adjacent to an activating group) is 1. The lowest BCUT2D eigenvalue weighted by Gasteiger charge is -2.14. The number of carbonyl (C=O) groups is 3. The number of urea groups is 1. The molecule has 0 bridgehead atoms. The zero-order chi connectivity index (χ0) is 13.5. The molecule has 0 aromatic rings. The molecule has 18 heavy (non-hydrogen) atoms. The van der Waals surface area contributed by atoms with Crippen molar-refractivity contribution < 1.29 is 19.1 Å². The summed E-state index contributed by atoms with van der Waals surface area (Å²) < 4.78 is 4.74. The molecule has 102 valence electrons. The van der Waals surface area contributed by atoms with Gasteiger partial charge in [0.1, 0.15) is 0 Å². The lowest BCUT2D eigenvalue weighted by molar-refractivity contribution is -0.144. The van der Waals surface area contributed by atoms with Crippen LogP contribution in [0.1, 0.15) is 19.8 Å². The molecule has 0 saturated heterocycles. The van der Waals surface area contributed by atoms with Crippen molar-refractivity contribution in [1.29, 1.82) is 0 Å². The third-order valence-corrected chi connectivity index (χ3v) is 2.28. The number of hydrogen-bond acceptors (Lipinski definition) is 5. The smallest absolute Gasteiger partial charge is 0.321 e. The van der Waals surface area contributed by atoms with Crippen LogP contribution in [-0.2, 0) is 14.3 Å². The van der Waals surface area contributed by atoms with Crippen molar-refractivity contribution in [2.75, 3.05) is 26.7 Å². The molecule has 0 radical (unpaired) electrons. The highest BCUT2D eigenvalue weighted by molar-refractivity contribution is 5.95. The minimum absolute atomic E-state index is 0.0193. The summed E-state index contributed by atoms with van der Waals surface area (Å²) in [6.07, 6.45) is 1.93. The van der Waals surface area contributed by atoms with E-state index in [1.165, 1.54) is 4.90 Å². The summed E-state index contributed by atoms with van der Waals surface area (Å²) in [4.78, 5) is 35.3. The second-order valence-corrected chi connectivity index (χ2v) is 4.27. The van der Waals surface area contributed by atoms with E-state index in [9.17, 15) is 14.4 Å². The van der Waals surface area contributed by atoms with Gasteiger partial charge in [-0.3, -0.25) is 19.8 Å². The third-order valence-electron chi connectivity index (χ3n) is 2.28. The number of hydrogen-bond donors (Lipinski definition) is 2. The molecule has 0 aromatic carbocycles. The van der Waals surface area contributed by atoms with E-state index in [1.807, 2.05) is 0 Å². The molecule has 0 unspecified atom stereocenters. The summed E-state index contributed by atoms with van der Waals surface area (Å²) in [5.74, 6) is -0.838. The molecule has 1 aliphatic rings. The summed E-state index contributed by atoms with van der Waals surface area (Å²) in [7, 11) is 1.61. The molecule has 0 spiro atoms. The number of esters is 1. The molecule has 1 fully saturated rings. The van der Waals surface area contributed by atoms with Crippen molar-refractivity contribution in [3.63, 3.8) is 0 Å². The van der Waals surface area contributed by atoms with Crippen molar-refractivity contribution in [2.24, 2.45) is 0 Å². The first kappa shape index (κ1) is 14.4. The van der Waals surface area contributed by atoms with Gasteiger partial charge < -0.3 is 10.1 Å². The Morgan fingerprint density at radius 1 is 1.28 bits per heavy atom. The summed E-state index contributed by atoms with van der Waals surface area (Å²) in [6.45, 7) is 2.01. The lowest BCUT2D eigenvalue weighted by atomic mass is 10.5. The fraction of sp³-hybridized carbons (Fsp3) is 0.727. The fourth-order valence-electron chi connectivity index (χ4n) is 1.34. The Hall–Kier alpha value is -1.63. The SMILES string of the molecule is CCOC(=O)CN(C)CC(=O)NC(=O)NC1CC1. The lowest BCUT2D eigenvalue weighted by Crippen LogP contribution is -2.45. The van der Waals surface area contributed by atoms with E-state index >= 15 is 0 Å². The molecule has 1 aliphatic carbocycles. The molecular weight excluding hydrogens is 238 g/mol. The van der Waals surface area contributed by atoms with Crippen LogP contribution in [-0.4, -0.2) is 55.6 Å². The van der Waals surface area contributed by atoms with Crippen LogP contribution in [0.25, 0.3) is 0 Å². The number of imide groups is 1. The van der Waals surface area contributed by atoms with Gasteiger partial charge in [-0.15, -0.1) is 0 Å². The van der Waals surface area contributed by atoms with Gasteiger partial charge in [-0.25, -0.2) is 4.79 Å². The monoisotopic (exact) mass is 257 g/mol. The first-order chi connectivity index (χ1) is 8.51. The highest BCUT2D eigenvalue weighted by atomic mass is 16.5. The number of amides is 3. The predicted molar refractivity (Wildman–Crippen MR) is 63.8 cm³/mol. The molecule has 3 amide bonds. The fourth-order valence-corrected chi connectivity index (χ4v) is 1.34. The quantitative estimate of drug-likeness (QED) is 0.625. The predicted octanol–water partition coefficient (Wildman–Crippen LogP) is -0.530. The van der Waals surface area contributed by atoms with E-state index in [4.69, 9.17) is 4.74 Å². The summed E-state index contributed by atoms with van der Waals surface area (Å²) in [6, 6.07) is -0.276. The van der Waals surface area contributed by atoms with Gasteiger partial charge in [0.2, 0.25) is 5.91 Å². The Kier molecular flexibility index (Phi) is 5.57. The summed E-state index contributed by atoms with van der Waals surface area (Å²) in [5.41, 5.74) is 0. The maximum atomic E-state index is 11.4. The van der Waals surface area contributed by atoms with E-state index < -0.39 is 17.9 Å². The molecule has 2 N–H and O–H groups in total. The van der Waals surface area contributed by atoms with Gasteiger partial charge in [0.25, 0.3) is 0 Å². The minimum Gasteiger partial charge on any atom is -0.465 e. The Balaban J connectivity index is 2.17. The van der Waals surface area contributed by atoms with Crippen LogP contribution in [0, 0.1) is 0 Å². The number of nitrogens with one attached hydrogen (secondary N) is 2. The van der Waals surface area contributed by atoms with Gasteiger partial charge in [-0.1, -0.05) is 0 Å².